The molecule has 1 aromatic rings. The monoisotopic (exact) mass is 338 g/mol. The van der Waals surface area contributed by atoms with E-state index in [1.807, 2.05) is 4.72 Å². The summed E-state index contributed by atoms with van der Waals surface area (Å²) in [7, 11) is -2.87. The van der Waals surface area contributed by atoms with Crippen molar-refractivity contribution in [3.05, 3.63) is 29.0 Å². The molecule has 0 saturated heterocycles. The average Bonchev–Trinajstić information content (AvgIpc) is 2.45. The number of benzene rings is 1. The fourth-order valence-corrected chi connectivity index (χ4v) is 2.45. The number of nitrogens with one attached hydrogen (secondary N) is 2. The van der Waals surface area contributed by atoms with Gasteiger partial charge in [-0.05, 0) is 18.2 Å². The third-order valence-corrected chi connectivity index (χ3v) is 3.97. The van der Waals surface area contributed by atoms with Crippen LogP contribution in [-0.2, 0) is 24.3 Å². The number of carbonyl (C=O) groups excluding carboxylic acids is 2. The number of rotatable bonds is 6. The summed E-state index contributed by atoms with van der Waals surface area (Å²) in [6, 6.07) is 2.83. The van der Waals surface area contributed by atoms with Crippen molar-refractivity contribution in [1.82, 2.24) is 10.0 Å². The Morgan fingerprint density at radius 2 is 2.00 bits per heavy atom. The van der Waals surface area contributed by atoms with Gasteiger partial charge in [-0.2, -0.15) is 0 Å². The standard InChI is InChI=1S/C11H12ClFN2O5S/c1-20-11(17)6-14-10(16)5-15-21(18,19)7-2-3-9(13)8(12)4-7/h2-4,15H,5-6H2,1H3,(H,14,16). The van der Waals surface area contributed by atoms with Gasteiger partial charge in [0.1, 0.15) is 12.4 Å². The van der Waals surface area contributed by atoms with Gasteiger partial charge in [0, 0.05) is 0 Å². The predicted molar refractivity (Wildman–Crippen MR) is 71.6 cm³/mol. The van der Waals surface area contributed by atoms with Gasteiger partial charge in [-0.1, -0.05) is 11.6 Å². The topological polar surface area (TPSA) is 102 Å². The Labute approximate surface area is 125 Å². The third kappa shape index (κ3) is 5.29. The van der Waals surface area contributed by atoms with Crippen LogP contribution in [0, 0.1) is 5.82 Å². The van der Waals surface area contributed by atoms with Crippen LogP contribution in [-0.4, -0.2) is 40.5 Å². The number of methoxy groups -OCH3 is 1. The molecule has 1 rings (SSSR count). The lowest BCUT2D eigenvalue weighted by Crippen LogP contribution is -2.39. The number of amides is 1. The first kappa shape index (κ1) is 17.3. The highest BCUT2D eigenvalue weighted by atomic mass is 35.5. The molecule has 0 unspecified atom stereocenters. The lowest BCUT2D eigenvalue weighted by molar-refractivity contribution is -0.141. The van der Waals surface area contributed by atoms with Crippen molar-refractivity contribution in [2.45, 2.75) is 4.90 Å². The van der Waals surface area contributed by atoms with Crippen molar-refractivity contribution in [3.8, 4) is 0 Å². The smallest absolute Gasteiger partial charge is 0.325 e. The Bertz CT molecular complexity index is 650. The summed E-state index contributed by atoms with van der Waals surface area (Å²) in [4.78, 5) is 21.8. The minimum Gasteiger partial charge on any atom is -0.468 e. The average molecular weight is 339 g/mol. The molecule has 0 atom stereocenters. The SMILES string of the molecule is COC(=O)CNC(=O)CNS(=O)(=O)c1ccc(F)c(Cl)c1. The molecule has 0 radical (unpaired) electrons. The van der Waals surface area contributed by atoms with E-state index < -0.39 is 34.3 Å². The van der Waals surface area contributed by atoms with Gasteiger partial charge >= 0.3 is 5.97 Å². The Kier molecular flexibility index (Phi) is 6.06. The van der Waals surface area contributed by atoms with Gasteiger partial charge in [0.15, 0.2) is 0 Å². The largest absolute Gasteiger partial charge is 0.468 e. The molecular weight excluding hydrogens is 327 g/mol. The molecule has 0 aliphatic carbocycles. The molecule has 0 fully saturated rings. The van der Waals surface area contributed by atoms with Crippen LogP contribution < -0.4 is 10.0 Å². The van der Waals surface area contributed by atoms with E-state index in [9.17, 15) is 22.4 Å². The Hall–Kier alpha value is -1.71. The number of ether oxygens (including phenoxy) is 1. The first-order valence-corrected chi connectivity index (χ1v) is 7.40. The lowest BCUT2D eigenvalue weighted by Gasteiger charge is -2.07. The molecule has 0 aromatic heterocycles. The zero-order valence-electron chi connectivity index (χ0n) is 10.9. The minimum absolute atomic E-state index is 0.283. The third-order valence-electron chi connectivity index (χ3n) is 2.28. The van der Waals surface area contributed by atoms with Crippen molar-refractivity contribution in [3.63, 3.8) is 0 Å². The summed E-state index contributed by atoms with van der Waals surface area (Å²) in [5.41, 5.74) is 0. The van der Waals surface area contributed by atoms with Crippen molar-refractivity contribution in [2.24, 2.45) is 0 Å². The van der Waals surface area contributed by atoms with E-state index in [1.54, 1.807) is 0 Å². The fourth-order valence-electron chi connectivity index (χ4n) is 1.19. The van der Waals surface area contributed by atoms with E-state index in [4.69, 9.17) is 11.6 Å². The van der Waals surface area contributed by atoms with Crippen molar-refractivity contribution in [2.75, 3.05) is 20.2 Å². The normalized spacial score (nSPS) is 11.0. The van der Waals surface area contributed by atoms with Crippen LogP contribution in [0.1, 0.15) is 0 Å². The van der Waals surface area contributed by atoms with Crippen molar-refractivity contribution in [1.29, 1.82) is 0 Å². The zero-order chi connectivity index (χ0) is 16.0. The molecule has 7 nitrogen and oxygen atoms in total. The second-order valence-corrected chi connectivity index (χ2v) is 5.93. The van der Waals surface area contributed by atoms with Crippen LogP contribution >= 0.6 is 11.6 Å². The molecule has 10 heteroatoms. The highest BCUT2D eigenvalue weighted by molar-refractivity contribution is 7.89. The van der Waals surface area contributed by atoms with Gasteiger partial charge in [-0.3, -0.25) is 9.59 Å². The number of hydrogen-bond acceptors (Lipinski definition) is 5. The van der Waals surface area contributed by atoms with Crippen molar-refractivity contribution < 1.29 is 27.1 Å². The second-order valence-electron chi connectivity index (χ2n) is 3.75. The van der Waals surface area contributed by atoms with E-state index in [-0.39, 0.29) is 16.5 Å². The molecule has 21 heavy (non-hydrogen) atoms. The molecule has 0 bridgehead atoms. The summed E-state index contributed by atoms with van der Waals surface area (Å²) < 4.78 is 42.9. The Morgan fingerprint density at radius 1 is 1.33 bits per heavy atom. The molecule has 0 aliphatic rings. The van der Waals surface area contributed by atoms with Gasteiger partial charge in [-0.15, -0.1) is 0 Å². The van der Waals surface area contributed by atoms with Gasteiger partial charge in [0.05, 0.1) is 23.6 Å². The van der Waals surface area contributed by atoms with Crippen LogP contribution in [0.5, 0.6) is 0 Å². The zero-order valence-corrected chi connectivity index (χ0v) is 12.4. The highest BCUT2D eigenvalue weighted by Crippen LogP contribution is 2.19. The first-order chi connectivity index (χ1) is 9.76. The van der Waals surface area contributed by atoms with E-state index >= 15 is 0 Å². The van der Waals surface area contributed by atoms with Gasteiger partial charge in [0.2, 0.25) is 15.9 Å². The number of halogens is 2. The molecular formula is C11H12ClFN2O5S. The van der Waals surface area contributed by atoms with E-state index in [0.29, 0.717) is 0 Å². The van der Waals surface area contributed by atoms with Crippen LogP contribution in [0.3, 0.4) is 0 Å². The summed E-state index contributed by atoms with van der Waals surface area (Å²) >= 11 is 5.49. The van der Waals surface area contributed by atoms with E-state index in [2.05, 4.69) is 10.1 Å². The summed E-state index contributed by atoms with van der Waals surface area (Å²) in [6.07, 6.45) is 0. The Balaban J connectivity index is 2.62. The molecule has 0 spiro atoms. The van der Waals surface area contributed by atoms with Crippen molar-refractivity contribution >= 4 is 33.5 Å². The molecule has 0 saturated carbocycles. The Morgan fingerprint density at radius 3 is 2.57 bits per heavy atom. The molecule has 2 N–H and O–H groups in total. The van der Waals surface area contributed by atoms with Gasteiger partial charge in [0.25, 0.3) is 0 Å². The van der Waals surface area contributed by atoms with Gasteiger partial charge < -0.3 is 10.1 Å². The fraction of sp³-hybridized carbons (Fsp3) is 0.273. The maximum Gasteiger partial charge on any atom is 0.325 e. The second kappa shape index (κ2) is 7.34. The molecule has 0 heterocycles. The van der Waals surface area contributed by atoms with Crippen LogP contribution in [0.15, 0.2) is 23.1 Å². The quantitative estimate of drug-likeness (QED) is 0.713. The molecule has 116 valence electrons. The van der Waals surface area contributed by atoms with Crippen LogP contribution in [0.25, 0.3) is 0 Å². The predicted octanol–water partition coefficient (Wildman–Crippen LogP) is 0.0466. The van der Waals surface area contributed by atoms with Gasteiger partial charge in [-0.25, -0.2) is 17.5 Å². The lowest BCUT2D eigenvalue weighted by atomic mass is 10.3. The minimum atomic E-state index is -4.02. The number of carbonyl (C=O) groups is 2. The maximum atomic E-state index is 13.0. The van der Waals surface area contributed by atoms with Crippen LogP contribution in [0.2, 0.25) is 5.02 Å². The summed E-state index contributed by atoms with van der Waals surface area (Å²) in [5.74, 6) is -2.15. The maximum absolute atomic E-state index is 13.0. The highest BCUT2D eigenvalue weighted by Gasteiger charge is 2.17. The van der Waals surface area contributed by atoms with E-state index in [1.165, 1.54) is 0 Å². The molecule has 0 aliphatic heterocycles. The summed E-state index contributed by atoms with van der Waals surface area (Å²) in [6.45, 7) is -0.965. The number of sulfonamides is 1. The first-order valence-electron chi connectivity index (χ1n) is 5.54. The molecule has 1 aromatic carbocycles. The summed E-state index contributed by atoms with van der Waals surface area (Å²) in [5, 5.41) is 1.80. The number of hydrogen-bond donors (Lipinski definition) is 2. The van der Waals surface area contributed by atoms with E-state index in [0.717, 1.165) is 25.3 Å². The van der Waals surface area contributed by atoms with Crippen LogP contribution in [0.4, 0.5) is 4.39 Å². The molecule has 1 amide bonds. The number of esters is 1.